The molecule has 0 fully saturated rings. The molecule has 4 aromatic rings. The zero-order valence-electron chi connectivity index (χ0n) is 13.7. The SMILES string of the molecule is O=C([O-])C/C(=C\c1cnn(-c2ccccc2)c1)c1nc2ccccc2s1. The molecular weight excluding hydrogens is 346 g/mol. The summed E-state index contributed by atoms with van der Waals surface area (Å²) < 4.78 is 2.77. The Bertz CT molecular complexity index is 1060. The number of carbonyl (C=O) groups excluding carboxylic acids is 1. The van der Waals surface area contributed by atoms with Crippen LogP contribution in [0.2, 0.25) is 0 Å². The third-order valence-corrected chi connectivity index (χ3v) is 4.98. The zero-order chi connectivity index (χ0) is 17.9. The number of rotatable bonds is 5. The topological polar surface area (TPSA) is 70.8 Å². The molecule has 2 aromatic carbocycles. The molecular formula is C20H14N3O2S-. The van der Waals surface area contributed by atoms with E-state index in [2.05, 4.69) is 10.1 Å². The van der Waals surface area contributed by atoms with E-state index in [0.717, 1.165) is 21.5 Å². The molecule has 128 valence electrons. The van der Waals surface area contributed by atoms with Crippen molar-refractivity contribution < 1.29 is 9.90 Å². The Morgan fingerprint density at radius 3 is 2.65 bits per heavy atom. The fourth-order valence-electron chi connectivity index (χ4n) is 2.69. The van der Waals surface area contributed by atoms with E-state index in [1.54, 1.807) is 17.0 Å². The van der Waals surface area contributed by atoms with E-state index < -0.39 is 5.97 Å². The summed E-state index contributed by atoms with van der Waals surface area (Å²) in [7, 11) is 0. The first-order valence-corrected chi connectivity index (χ1v) is 8.87. The second-order valence-electron chi connectivity index (χ2n) is 5.76. The lowest BCUT2D eigenvalue weighted by atomic mass is 10.1. The van der Waals surface area contributed by atoms with Crippen LogP contribution in [0.5, 0.6) is 0 Å². The highest BCUT2D eigenvalue weighted by Crippen LogP contribution is 2.30. The summed E-state index contributed by atoms with van der Waals surface area (Å²) >= 11 is 1.47. The summed E-state index contributed by atoms with van der Waals surface area (Å²) in [6.07, 6.45) is 5.17. The largest absolute Gasteiger partial charge is 0.550 e. The van der Waals surface area contributed by atoms with Crippen molar-refractivity contribution in [2.75, 3.05) is 0 Å². The van der Waals surface area contributed by atoms with Crippen LogP contribution in [0.4, 0.5) is 0 Å². The molecule has 0 saturated heterocycles. The minimum atomic E-state index is -1.13. The van der Waals surface area contributed by atoms with E-state index in [1.165, 1.54) is 11.3 Å². The predicted molar refractivity (Wildman–Crippen MR) is 101 cm³/mol. The van der Waals surface area contributed by atoms with Gasteiger partial charge in [-0.05, 0) is 35.9 Å². The minimum Gasteiger partial charge on any atom is -0.550 e. The highest BCUT2D eigenvalue weighted by molar-refractivity contribution is 7.19. The van der Waals surface area contributed by atoms with E-state index >= 15 is 0 Å². The van der Waals surface area contributed by atoms with Gasteiger partial charge >= 0.3 is 0 Å². The summed E-state index contributed by atoms with van der Waals surface area (Å²) in [6.45, 7) is 0. The first-order valence-electron chi connectivity index (χ1n) is 8.05. The number of fused-ring (bicyclic) bond motifs is 1. The van der Waals surface area contributed by atoms with Gasteiger partial charge in [-0.25, -0.2) is 9.67 Å². The molecule has 0 unspecified atom stereocenters. The molecule has 0 bridgehead atoms. The third-order valence-electron chi connectivity index (χ3n) is 3.87. The van der Waals surface area contributed by atoms with Gasteiger partial charge in [0, 0.05) is 24.2 Å². The number of thiazole rings is 1. The molecule has 0 aliphatic rings. The zero-order valence-corrected chi connectivity index (χ0v) is 14.5. The van der Waals surface area contributed by atoms with E-state index in [4.69, 9.17) is 0 Å². The smallest absolute Gasteiger partial charge is 0.120 e. The number of nitrogens with zero attached hydrogens (tertiary/aromatic N) is 3. The monoisotopic (exact) mass is 360 g/mol. The fraction of sp³-hybridized carbons (Fsp3) is 0.0500. The minimum absolute atomic E-state index is 0.198. The third kappa shape index (κ3) is 3.41. The molecule has 0 aliphatic carbocycles. The number of carbonyl (C=O) groups is 1. The van der Waals surface area contributed by atoms with Gasteiger partial charge in [0.15, 0.2) is 0 Å². The van der Waals surface area contributed by atoms with E-state index in [1.807, 2.05) is 60.8 Å². The maximum absolute atomic E-state index is 11.2. The molecule has 2 heterocycles. The lowest BCUT2D eigenvalue weighted by Gasteiger charge is -2.04. The van der Waals surface area contributed by atoms with Crippen molar-refractivity contribution >= 4 is 39.2 Å². The van der Waals surface area contributed by atoms with Crippen LogP contribution in [0.15, 0.2) is 67.0 Å². The highest BCUT2D eigenvalue weighted by Gasteiger charge is 2.10. The van der Waals surface area contributed by atoms with Gasteiger partial charge < -0.3 is 9.90 Å². The van der Waals surface area contributed by atoms with Crippen molar-refractivity contribution in [1.82, 2.24) is 14.8 Å². The van der Waals surface area contributed by atoms with Crippen LogP contribution in [-0.2, 0) is 4.79 Å². The van der Waals surface area contributed by atoms with Crippen LogP contribution < -0.4 is 5.11 Å². The molecule has 0 amide bonds. The molecule has 0 spiro atoms. The maximum Gasteiger partial charge on any atom is 0.120 e. The number of carboxylic acids is 1. The second kappa shape index (κ2) is 6.93. The first kappa shape index (κ1) is 16.2. The van der Waals surface area contributed by atoms with Crippen molar-refractivity contribution in [3.05, 3.63) is 77.6 Å². The van der Waals surface area contributed by atoms with Crippen LogP contribution in [0, 0.1) is 0 Å². The summed E-state index contributed by atoms with van der Waals surface area (Å²) in [5.41, 5.74) is 3.22. The number of para-hydroxylation sites is 2. The number of aromatic nitrogens is 3. The van der Waals surface area contributed by atoms with Gasteiger partial charge in [-0.2, -0.15) is 5.10 Å². The number of aliphatic carboxylic acids is 1. The molecule has 26 heavy (non-hydrogen) atoms. The van der Waals surface area contributed by atoms with Crippen molar-refractivity contribution in [2.45, 2.75) is 6.42 Å². The van der Waals surface area contributed by atoms with Crippen LogP contribution in [0.25, 0.3) is 27.6 Å². The lowest BCUT2D eigenvalue weighted by Crippen LogP contribution is -2.22. The van der Waals surface area contributed by atoms with Crippen molar-refractivity contribution in [3.63, 3.8) is 0 Å². The van der Waals surface area contributed by atoms with Gasteiger partial charge in [0.05, 0.1) is 22.1 Å². The molecule has 4 rings (SSSR count). The Kier molecular flexibility index (Phi) is 4.33. The Hall–Kier alpha value is -3.25. The molecule has 0 saturated carbocycles. The van der Waals surface area contributed by atoms with Crippen molar-refractivity contribution in [3.8, 4) is 5.69 Å². The van der Waals surface area contributed by atoms with Gasteiger partial charge in [-0.15, -0.1) is 11.3 Å². The summed E-state index contributed by atoms with van der Waals surface area (Å²) in [5, 5.41) is 16.2. The molecule has 5 nitrogen and oxygen atoms in total. The highest BCUT2D eigenvalue weighted by atomic mass is 32.1. The van der Waals surface area contributed by atoms with Gasteiger partial charge in [-0.3, -0.25) is 0 Å². The lowest BCUT2D eigenvalue weighted by molar-refractivity contribution is -0.304. The molecule has 0 aliphatic heterocycles. The van der Waals surface area contributed by atoms with E-state index in [9.17, 15) is 9.90 Å². The second-order valence-corrected chi connectivity index (χ2v) is 6.79. The van der Waals surface area contributed by atoms with Gasteiger partial charge in [0.25, 0.3) is 0 Å². The van der Waals surface area contributed by atoms with Crippen molar-refractivity contribution in [1.29, 1.82) is 0 Å². The van der Waals surface area contributed by atoms with Gasteiger partial charge in [0.1, 0.15) is 5.01 Å². The van der Waals surface area contributed by atoms with Crippen molar-refractivity contribution in [2.24, 2.45) is 0 Å². The molecule has 0 radical (unpaired) electrons. The molecule has 0 atom stereocenters. The van der Waals surface area contributed by atoms with Gasteiger partial charge in [-0.1, -0.05) is 30.3 Å². The van der Waals surface area contributed by atoms with Gasteiger partial charge in [0.2, 0.25) is 0 Å². The Morgan fingerprint density at radius 2 is 1.88 bits per heavy atom. The standard InChI is InChI=1S/C20H15N3O2S/c24-19(25)11-15(20-22-17-8-4-5-9-18(17)26-20)10-14-12-21-23(13-14)16-6-2-1-3-7-16/h1-10,12-13H,11H2,(H,24,25)/p-1/b15-10+. The molecule has 0 N–H and O–H groups in total. The predicted octanol–water partition coefficient (Wildman–Crippen LogP) is 3.16. The summed E-state index contributed by atoms with van der Waals surface area (Å²) in [6, 6.07) is 17.5. The molecule has 6 heteroatoms. The summed E-state index contributed by atoms with van der Waals surface area (Å²) in [4.78, 5) is 15.8. The van der Waals surface area contributed by atoms with Crippen LogP contribution in [0.3, 0.4) is 0 Å². The maximum atomic E-state index is 11.2. The number of benzene rings is 2. The first-order chi connectivity index (χ1) is 12.7. The number of hydrogen-bond donors (Lipinski definition) is 0. The fourth-order valence-corrected chi connectivity index (χ4v) is 3.67. The number of carboxylic acid groups (broad SMARTS) is 1. The Balaban J connectivity index is 1.72. The Morgan fingerprint density at radius 1 is 1.12 bits per heavy atom. The van der Waals surface area contributed by atoms with E-state index in [0.29, 0.717) is 10.6 Å². The Labute approximate surface area is 153 Å². The van der Waals surface area contributed by atoms with Crippen LogP contribution >= 0.6 is 11.3 Å². The average molecular weight is 360 g/mol. The quantitative estimate of drug-likeness (QED) is 0.548. The van der Waals surface area contributed by atoms with E-state index in [-0.39, 0.29) is 6.42 Å². The molecule has 2 aromatic heterocycles. The summed E-state index contributed by atoms with van der Waals surface area (Å²) in [5.74, 6) is -1.13. The van der Waals surface area contributed by atoms with Crippen LogP contribution in [0.1, 0.15) is 17.0 Å². The average Bonchev–Trinajstić information content (AvgIpc) is 3.28. The van der Waals surface area contributed by atoms with Crippen LogP contribution in [-0.4, -0.2) is 20.7 Å². The normalized spacial score (nSPS) is 11.8. The number of hydrogen-bond acceptors (Lipinski definition) is 5.